The van der Waals surface area contributed by atoms with Gasteiger partial charge in [-0.05, 0) is 59.2 Å². The number of hydrogen-bond donors (Lipinski definition) is 1. The second kappa shape index (κ2) is 6.72. The van der Waals surface area contributed by atoms with Gasteiger partial charge in [0.1, 0.15) is 0 Å². The van der Waals surface area contributed by atoms with Gasteiger partial charge >= 0.3 is 0 Å². The second-order valence-electron chi connectivity index (χ2n) is 4.29. The smallest absolute Gasteiger partial charge is 0.251 e. The first-order valence-corrected chi connectivity index (χ1v) is 8.18. The molecule has 0 saturated heterocycles. The molecule has 2 nitrogen and oxygen atoms in total. The Bertz CT molecular complexity index is 571. The van der Waals surface area contributed by atoms with Crippen LogP contribution >= 0.6 is 45.5 Å². The molecule has 5 heteroatoms. The van der Waals surface area contributed by atoms with Crippen LogP contribution in [-0.2, 0) is 6.42 Å². The Kier molecular flexibility index (Phi) is 5.24. The molecule has 0 aliphatic rings. The van der Waals surface area contributed by atoms with Crippen molar-refractivity contribution in [1.82, 2.24) is 5.32 Å². The van der Waals surface area contributed by atoms with Gasteiger partial charge in [0.25, 0.3) is 5.91 Å². The van der Waals surface area contributed by atoms with Crippen LogP contribution in [0.2, 0.25) is 5.02 Å². The van der Waals surface area contributed by atoms with Gasteiger partial charge < -0.3 is 5.32 Å². The summed E-state index contributed by atoms with van der Waals surface area (Å²) in [5.41, 5.74) is 0.600. The third-order valence-electron chi connectivity index (χ3n) is 2.65. The van der Waals surface area contributed by atoms with Crippen LogP contribution in [0.4, 0.5) is 0 Å². The summed E-state index contributed by atoms with van der Waals surface area (Å²) in [6, 6.07) is 9.55. The monoisotopic (exact) mass is 405 g/mol. The summed E-state index contributed by atoms with van der Waals surface area (Å²) in [7, 11) is 0. The van der Waals surface area contributed by atoms with Crippen LogP contribution in [0.3, 0.4) is 0 Å². The SMILES string of the molecule is CC(Cc1cccs1)NC(=O)c1ccc(I)c(Cl)c1. The Balaban J connectivity index is 1.98. The van der Waals surface area contributed by atoms with Gasteiger partial charge in [-0.1, -0.05) is 17.7 Å². The summed E-state index contributed by atoms with van der Waals surface area (Å²) >= 11 is 9.87. The van der Waals surface area contributed by atoms with Crippen molar-refractivity contribution in [2.45, 2.75) is 19.4 Å². The summed E-state index contributed by atoms with van der Waals surface area (Å²) < 4.78 is 0.947. The van der Waals surface area contributed by atoms with E-state index in [1.165, 1.54) is 4.88 Å². The minimum atomic E-state index is -0.0812. The second-order valence-corrected chi connectivity index (χ2v) is 6.89. The molecule has 0 fully saturated rings. The molecule has 1 unspecified atom stereocenters. The van der Waals surface area contributed by atoms with Crippen molar-refractivity contribution >= 4 is 51.4 Å². The predicted molar refractivity (Wildman–Crippen MR) is 89.1 cm³/mol. The fourth-order valence-electron chi connectivity index (χ4n) is 1.73. The van der Waals surface area contributed by atoms with E-state index in [-0.39, 0.29) is 11.9 Å². The van der Waals surface area contributed by atoms with Crippen molar-refractivity contribution in [2.75, 3.05) is 0 Å². The lowest BCUT2D eigenvalue weighted by atomic mass is 10.1. The first-order chi connectivity index (χ1) is 9.06. The summed E-state index contributed by atoms with van der Waals surface area (Å²) in [6.07, 6.45) is 0.849. The fraction of sp³-hybridized carbons (Fsp3) is 0.214. The van der Waals surface area contributed by atoms with Crippen LogP contribution in [0.25, 0.3) is 0 Å². The number of thiophene rings is 1. The molecule has 0 saturated carbocycles. The summed E-state index contributed by atoms with van der Waals surface area (Å²) in [4.78, 5) is 13.4. The zero-order valence-corrected chi connectivity index (χ0v) is 14.1. The number of carbonyl (C=O) groups excluding carboxylic acids is 1. The van der Waals surface area contributed by atoms with Crippen molar-refractivity contribution < 1.29 is 4.79 Å². The molecule has 2 rings (SSSR count). The van der Waals surface area contributed by atoms with Crippen molar-refractivity contribution in [3.8, 4) is 0 Å². The van der Waals surface area contributed by atoms with Gasteiger partial charge in [0.05, 0.1) is 5.02 Å². The van der Waals surface area contributed by atoms with E-state index in [0.717, 1.165) is 9.99 Å². The van der Waals surface area contributed by atoms with E-state index >= 15 is 0 Å². The minimum Gasteiger partial charge on any atom is -0.349 e. The summed E-state index contributed by atoms with van der Waals surface area (Å²) in [6.45, 7) is 2.01. The molecule has 1 N–H and O–H groups in total. The molecule has 0 radical (unpaired) electrons. The average molecular weight is 406 g/mol. The van der Waals surface area contributed by atoms with E-state index in [2.05, 4.69) is 34.0 Å². The molecule has 0 bridgehead atoms. The number of halogens is 2. The van der Waals surface area contributed by atoms with Crippen molar-refractivity contribution in [1.29, 1.82) is 0 Å². The van der Waals surface area contributed by atoms with Gasteiger partial charge in [0.2, 0.25) is 0 Å². The highest BCUT2D eigenvalue weighted by Crippen LogP contribution is 2.19. The maximum Gasteiger partial charge on any atom is 0.251 e. The highest BCUT2D eigenvalue weighted by atomic mass is 127. The van der Waals surface area contributed by atoms with Crippen LogP contribution in [-0.4, -0.2) is 11.9 Å². The Hall–Kier alpha value is -0.590. The molecule has 0 aliphatic heterocycles. The lowest BCUT2D eigenvalue weighted by Gasteiger charge is -2.13. The predicted octanol–water partition coefficient (Wildman–Crippen LogP) is 4.37. The zero-order valence-electron chi connectivity index (χ0n) is 10.3. The molecule has 19 heavy (non-hydrogen) atoms. The Morgan fingerprint density at radius 1 is 1.47 bits per heavy atom. The molecule has 1 aromatic heterocycles. The molecule has 0 aliphatic carbocycles. The van der Waals surface area contributed by atoms with Gasteiger partial charge in [-0.15, -0.1) is 11.3 Å². The molecule has 0 spiro atoms. The van der Waals surface area contributed by atoms with Crippen molar-refractivity contribution in [3.05, 3.63) is 54.7 Å². The Morgan fingerprint density at radius 3 is 2.89 bits per heavy atom. The first kappa shape index (κ1) is 14.8. The summed E-state index contributed by atoms with van der Waals surface area (Å²) in [5, 5.41) is 5.64. The van der Waals surface area contributed by atoms with Crippen LogP contribution in [0.15, 0.2) is 35.7 Å². The van der Waals surface area contributed by atoms with Gasteiger partial charge in [0.15, 0.2) is 0 Å². The fourth-order valence-corrected chi connectivity index (χ4v) is 3.08. The van der Waals surface area contributed by atoms with E-state index < -0.39 is 0 Å². The molecule has 1 aromatic carbocycles. The molecule has 1 amide bonds. The molecule has 2 aromatic rings. The maximum absolute atomic E-state index is 12.1. The van der Waals surface area contributed by atoms with E-state index in [4.69, 9.17) is 11.6 Å². The van der Waals surface area contributed by atoms with Gasteiger partial charge in [0, 0.05) is 26.5 Å². The van der Waals surface area contributed by atoms with E-state index in [1.807, 2.05) is 24.4 Å². The van der Waals surface area contributed by atoms with Crippen LogP contribution in [0.1, 0.15) is 22.2 Å². The van der Waals surface area contributed by atoms with E-state index in [1.54, 1.807) is 23.5 Å². The normalized spacial score (nSPS) is 12.2. The number of hydrogen-bond acceptors (Lipinski definition) is 2. The topological polar surface area (TPSA) is 29.1 Å². The molecule has 100 valence electrons. The highest BCUT2D eigenvalue weighted by Gasteiger charge is 2.11. The van der Waals surface area contributed by atoms with Crippen LogP contribution in [0.5, 0.6) is 0 Å². The van der Waals surface area contributed by atoms with Gasteiger partial charge in [-0.2, -0.15) is 0 Å². The maximum atomic E-state index is 12.1. The number of amides is 1. The number of benzene rings is 1. The van der Waals surface area contributed by atoms with Crippen LogP contribution < -0.4 is 5.32 Å². The minimum absolute atomic E-state index is 0.0812. The molecule has 1 heterocycles. The summed E-state index contributed by atoms with van der Waals surface area (Å²) in [5.74, 6) is -0.0812. The third-order valence-corrected chi connectivity index (χ3v) is 5.12. The number of rotatable bonds is 4. The Labute approximate surface area is 135 Å². The molecular weight excluding hydrogens is 393 g/mol. The standard InChI is InChI=1S/C14H13ClINOS/c1-9(7-11-3-2-6-19-11)17-14(18)10-4-5-13(16)12(15)8-10/h2-6,8-9H,7H2,1H3,(H,17,18). The largest absolute Gasteiger partial charge is 0.349 e. The van der Waals surface area contributed by atoms with Crippen LogP contribution in [0, 0.1) is 3.57 Å². The molecular formula is C14H13ClINOS. The number of nitrogens with one attached hydrogen (secondary N) is 1. The quantitative estimate of drug-likeness (QED) is 0.752. The zero-order chi connectivity index (χ0) is 13.8. The van der Waals surface area contributed by atoms with E-state index in [9.17, 15) is 4.79 Å². The first-order valence-electron chi connectivity index (χ1n) is 5.84. The number of carbonyl (C=O) groups is 1. The lowest BCUT2D eigenvalue weighted by Crippen LogP contribution is -2.33. The van der Waals surface area contributed by atoms with Crippen molar-refractivity contribution in [3.63, 3.8) is 0 Å². The van der Waals surface area contributed by atoms with Crippen molar-refractivity contribution in [2.24, 2.45) is 0 Å². The van der Waals surface area contributed by atoms with E-state index in [0.29, 0.717) is 10.6 Å². The highest BCUT2D eigenvalue weighted by molar-refractivity contribution is 14.1. The van der Waals surface area contributed by atoms with Gasteiger partial charge in [-0.3, -0.25) is 4.79 Å². The Morgan fingerprint density at radius 2 is 2.26 bits per heavy atom. The molecule has 1 atom stereocenters. The lowest BCUT2D eigenvalue weighted by molar-refractivity contribution is 0.0940. The third kappa shape index (κ3) is 4.19. The average Bonchev–Trinajstić information content (AvgIpc) is 2.85. The van der Waals surface area contributed by atoms with Gasteiger partial charge in [-0.25, -0.2) is 0 Å².